The average Bonchev–Trinajstić information content (AvgIpc) is 2.04. The van der Waals surface area contributed by atoms with E-state index in [9.17, 15) is 0 Å². The van der Waals surface area contributed by atoms with Crippen LogP contribution in [0.25, 0.3) is 12.2 Å². The molecule has 11 heavy (non-hydrogen) atoms. The maximum Gasteiger partial charge on any atom is -0.0233 e. The van der Waals surface area contributed by atoms with Crippen LogP contribution >= 0.6 is 0 Å². The van der Waals surface area contributed by atoms with E-state index in [1.807, 2.05) is 18.2 Å². The van der Waals surface area contributed by atoms with Crippen molar-refractivity contribution in [2.45, 2.75) is 6.92 Å². The molecule has 0 aliphatic heterocycles. The van der Waals surface area contributed by atoms with Gasteiger partial charge >= 0.3 is 0 Å². The van der Waals surface area contributed by atoms with Crippen molar-refractivity contribution in [3.05, 3.63) is 48.0 Å². The number of hydrogen-bond acceptors (Lipinski definition) is 0. The van der Waals surface area contributed by atoms with Crippen LogP contribution < -0.4 is 0 Å². The van der Waals surface area contributed by atoms with Gasteiger partial charge < -0.3 is 0 Å². The third-order valence-corrected chi connectivity index (χ3v) is 1.75. The minimum atomic E-state index is 1.16. The molecule has 1 aromatic rings. The van der Waals surface area contributed by atoms with Crippen molar-refractivity contribution in [1.82, 2.24) is 0 Å². The zero-order valence-corrected chi connectivity index (χ0v) is 6.80. The highest BCUT2D eigenvalue weighted by molar-refractivity contribution is 5.57. The molecule has 0 N–H and O–H groups in total. The lowest BCUT2D eigenvalue weighted by molar-refractivity contribution is 1.43. The van der Waals surface area contributed by atoms with Crippen molar-refractivity contribution in [3.8, 4) is 0 Å². The predicted octanol–water partition coefficient (Wildman–Crippen LogP) is 3.28. The summed E-state index contributed by atoms with van der Waals surface area (Å²) in [5, 5.41) is 0. The molecule has 0 unspecified atom stereocenters. The first kappa shape index (κ1) is 7.80. The Hall–Kier alpha value is -1.30. The van der Waals surface area contributed by atoms with E-state index < -0.39 is 0 Å². The molecule has 56 valence electrons. The normalized spacial score (nSPS) is 9.18. The average molecular weight is 144 g/mol. The van der Waals surface area contributed by atoms with Crippen LogP contribution in [0.3, 0.4) is 0 Å². The molecule has 0 heterocycles. The van der Waals surface area contributed by atoms with Gasteiger partial charge in [-0.1, -0.05) is 43.5 Å². The van der Waals surface area contributed by atoms with E-state index in [2.05, 4.69) is 32.2 Å². The van der Waals surface area contributed by atoms with Gasteiger partial charge in [-0.05, 0) is 23.6 Å². The standard InChI is InChI=1S/C11H12/c1-4-10-6-7-11(5-2)9(3)8-10/h4-8H,1-2H2,3H3. The first-order valence-electron chi connectivity index (χ1n) is 3.63. The van der Waals surface area contributed by atoms with Crippen LogP contribution in [0.15, 0.2) is 31.4 Å². The fourth-order valence-electron chi connectivity index (χ4n) is 1.05. The molecule has 0 bridgehead atoms. The Morgan fingerprint density at radius 2 is 1.91 bits per heavy atom. The maximum absolute atomic E-state index is 3.72. The molecule has 1 aromatic carbocycles. The lowest BCUT2D eigenvalue weighted by Crippen LogP contribution is -1.80. The molecule has 0 saturated heterocycles. The van der Waals surface area contributed by atoms with Crippen LogP contribution in [0.5, 0.6) is 0 Å². The molecule has 0 aliphatic rings. The smallest absolute Gasteiger partial charge is 0.0233 e. The minimum Gasteiger partial charge on any atom is -0.0985 e. The highest BCUT2D eigenvalue weighted by Crippen LogP contribution is 2.12. The van der Waals surface area contributed by atoms with Gasteiger partial charge in [0.25, 0.3) is 0 Å². The van der Waals surface area contributed by atoms with Crippen molar-refractivity contribution < 1.29 is 0 Å². The SMILES string of the molecule is C=Cc1ccc(C=C)c(C)c1. The summed E-state index contributed by atoms with van der Waals surface area (Å²) >= 11 is 0. The molecule has 0 aromatic heterocycles. The van der Waals surface area contributed by atoms with Crippen LogP contribution in [0.1, 0.15) is 16.7 Å². The topological polar surface area (TPSA) is 0 Å². The van der Waals surface area contributed by atoms with Crippen LogP contribution in [-0.2, 0) is 0 Å². The molecule has 0 aliphatic carbocycles. The van der Waals surface area contributed by atoms with E-state index in [1.165, 1.54) is 11.1 Å². The third-order valence-electron chi connectivity index (χ3n) is 1.75. The lowest BCUT2D eigenvalue weighted by atomic mass is 10.1. The summed E-state index contributed by atoms with van der Waals surface area (Å²) in [6, 6.07) is 6.19. The van der Waals surface area contributed by atoms with E-state index in [-0.39, 0.29) is 0 Å². The third kappa shape index (κ3) is 1.58. The highest BCUT2D eigenvalue weighted by atomic mass is 14.0. The molecular formula is C11H12. The maximum atomic E-state index is 3.72. The summed E-state index contributed by atoms with van der Waals surface area (Å²) in [4.78, 5) is 0. The zero-order chi connectivity index (χ0) is 8.27. The van der Waals surface area contributed by atoms with Gasteiger partial charge in [0.2, 0.25) is 0 Å². The van der Waals surface area contributed by atoms with Crippen molar-refractivity contribution in [1.29, 1.82) is 0 Å². The lowest BCUT2D eigenvalue weighted by Gasteiger charge is -2.00. The molecule has 0 nitrogen and oxygen atoms in total. The quantitative estimate of drug-likeness (QED) is 0.597. The molecule has 0 radical (unpaired) electrons. The van der Waals surface area contributed by atoms with Crippen molar-refractivity contribution >= 4 is 12.2 Å². The summed E-state index contributed by atoms with van der Waals surface area (Å²) in [5.74, 6) is 0. The summed E-state index contributed by atoms with van der Waals surface area (Å²) in [5.41, 5.74) is 3.60. The van der Waals surface area contributed by atoms with Gasteiger partial charge in [-0.3, -0.25) is 0 Å². The molecule has 0 heteroatoms. The Labute approximate surface area is 67.9 Å². The molecule has 0 saturated carbocycles. The van der Waals surface area contributed by atoms with Gasteiger partial charge in [-0.25, -0.2) is 0 Å². The fourth-order valence-corrected chi connectivity index (χ4v) is 1.05. The van der Waals surface area contributed by atoms with E-state index in [4.69, 9.17) is 0 Å². The number of aryl methyl sites for hydroxylation is 1. The molecule has 0 amide bonds. The molecule has 1 rings (SSSR count). The number of hydrogen-bond donors (Lipinski definition) is 0. The second-order valence-corrected chi connectivity index (χ2v) is 2.52. The monoisotopic (exact) mass is 144 g/mol. The largest absolute Gasteiger partial charge is 0.0985 e. The Kier molecular flexibility index (Phi) is 2.27. The summed E-state index contributed by atoms with van der Waals surface area (Å²) in [6.45, 7) is 9.50. The van der Waals surface area contributed by atoms with E-state index in [0.29, 0.717) is 0 Å². The second kappa shape index (κ2) is 3.20. The van der Waals surface area contributed by atoms with Crippen molar-refractivity contribution in [2.24, 2.45) is 0 Å². The number of benzene rings is 1. The minimum absolute atomic E-state index is 1.16. The van der Waals surface area contributed by atoms with E-state index >= 15 is 0 Å². The summed E-state index contributed by atoms with van der Waals surface area (Å²) in [6.07, 6.45) is 3.71. The fraction of sp³-hybridized carbons (Fsp3) is 0.0909. The van der Waals surface area contributed by atoms with Gasteiger partial charge in [0.1, 0.15) is 0 Å². The van der Waals surface area contributed by atoms with Crippen LogP contribution in [0.2, 0.25) is 0 Å². The number of rotatable bonds is 2. The van der Waals surface area contributed by atoms with Gasteiger partial charge in [-0.2, -0.15) is 0 Å². The van der Waals surface area contributed by atoms with E-state index in [0.717, 1.165) is 5.56 Å². The van der Waals surface area contributed by atoms with Crippen molar-refractivity contribution in [3.63, 3.8) is 0 Å². The first-order valence-corrected chi connectivity index (χ1v) is 3.63. The second-order valence-electron chi connectivity index (χ2n) is 2.52. The molecule has 0 spiro atoms. The molecule has 0 atom stereocenters. The Bertz CT molecular complexity index is 282. The first-order chi connectivity index (χ1) is 5.27. The Morgan fingerprint density at radius 3 is 2.36 bits per heavy atom. The van der Waals surface area contributed by atoms with Gasteiger partial charge in [0.15, 0.2) is 0 Å². The van der Waals surface area contributed by atoms with E-state index in [1.54, 1.807) is 0 Å². The molecule has 0 fully saturated rings. The van der Waals surface area contributed by atoms with Crippen LogP contribution in [0.4, 0.5) is 0 Å². The Morgan fingerprint density at radius 1 is 1.18 bits per heavy atom. The summed E-state index contributed by atoms with van der Waals surface area (Å²) < 4.78 is 0. The highest BCUT2D eigenvalue weighted by Gasteiger charge is 1.92. The van der Waals surface area contributed by atoms with Crippen LogP contribution in [0, 0.1) is 6.92 Å². The zero-order valence-electron chi connectivity index (χ0n) is 6.80. The van der Waals surface area contributed by atoms with Crippen LogP contribution in [-0.4, -0.2) is 0 Å². The van der Waals surface area contributed by atoms with Crippen molar-refractivity contribution in [2.75, 3.05) is 0 Å². The molecular weight excluding hydrogens is 132 g/mol. The van der Waals surface area contributed by atoms with Gasteiger partial charge in [0, 0.05) is 0 Å². The predicted molar refractivity (Wildman–Crippen MR) is 51.4 cm³/mol. The van der Waals surface area contributed by atoms with Gasteiger partial charge in [-0.15, -0.1) is 0 Å². The summed E-state index contributed by atoms with van der Waals surface area (Å²) in [7, 11) is 0. The Balaban J connectivity index is 3.18. The van der Waals surface area contributed by atoms with Gasteiger partial charge in [0.05, 0.1) is 0 Å².